The molecule has 2 aliphatic rings. The van der Waals surface area contributed by atoms with Crippen molar-refractivity contribution in [1.82, 2.24) is 0 Å². The molecule has 0 amide bonds. The Morgan fingerprint density at radius 3 is 1.82 bits per heavy atom. The molecule has 0 aliphatic carbocycles. The molecule has 2 aliphatic heterocycles. The Labute approximate surface area is 345 Å². The van der Waals surface area contributed by atoms with Crippen LogP contribution in [0.15, 0.2) is 105 Å². The van der Waals surface area contributed by atoms with Gasteiger partial charge in [-0.05, 0) is 89.7 Å². The summed E-state index contributed by atoms with van der Waals surface area (Å²) >= 11 is 0. The van der Waals surface area contributed by atoms with Gasteiger partial charge in [0.25, 0.3) is 0 Å². The Morgan fingerprint density at radius 1 is 0.667 bits per heavy atom. The predicted molar refractivity (Wildman–Crippen MR) is 219 cm³/mol. The fourth-order valence-electron chi connectivity index (χ4n) is 6.04. The number of aromatic hydroxyl groups is 2. The molecule has 16 heteroatoms. The average molecular weight is 821 g/mol. The molecule has 60 heavy (non-hydrogen) atoms. The highest BCUT2D eigenvalue weighted by Gasteiger charge is 2.50. The van der Waals surface area contributed by atoms with Crippen LogP contribution in [-0.4, -0.2) is 110 Å². The standard InChI is InChI=1S/C44H44N4O12/c1-3-16-54-17-18-55-44(53)36-20-33(11-15-38(36)51)24-48-45-21-29-4-6-31(7-5-29)25-58-60-40-27-57-41-39(26-56-42(40)41)59-43(52)34-12-8-30(9-13-34)22-46-47-23-32-10-14-37(50)35(19-32)28(2)49/h4-15,19-24,39-42,50-51H,3,16-18,25-27H2,1-2H3/b45-21+,46-22+,47-23+,48-24+/t39?,40-,41?,42?/m1/s1. The lowest BCUT2D eigenvalue weighted by Crippen LogP contribution is -2.35. The number of benzene rings is 4. The zero-order valence-corrected chi connectivity index (χ0v) is 32.9. The molecule has 2 fully saturated rings. The first-order valence-corrected chi connectivity index (χ1v) is 19.1. The quantitative estimate of drug-likeness (QED) is 0.0295. The maximum Gasteiger partial charge on any atom is 0.342 e. The van der Waals surface area contributed by atoms with Gasteiger partial charge in [-0.3, -0.25) is 4.79 Å². The highest BCUT2D eigenvalue weighted by atomic mass is 17.2. The number of nitrogens with zero attached hydrogens (tertiary/aromatic N) is 4. The number of hydrogen-bond acceptors (Lipinski definition) is 16. The number of ketones is 1. The van der Waals surface area contributed by atoms with Crippen LogP contribution < -0.4 is 0 Å². The van der Waals surface area contributed by atoms with Gasteiger partial charge in [0.2, 0.25) is 0 Å². The van der Waals surface area contributed by atoms with E-state index in [0.29, 0.717) is 28.9 Å². The second-order valence-electron chi connectivity index (χ2n) is 13.6. The Balaban J connectivity index is 0.899. The third kappa shape index (κ3) is 12.1. The molecule has 4 atom stereocenters. The minimum Gasteiger partial charge on any atom is -0.507 e. The van der Waals surface area contributed by atoms with Crippen LogP contribution in [0.4, 0.5) is 0 Å². The third-order valence-electron chi connectivity index (χ3n) is 9.17. The molecule has 6 rings (SSSR count). The second-order valence-corrected chi connectivity index (χ2v) is 13.6. The lowest BCUT2D eigenvalue weighted by Gasteiger charge is -2.17. The number of Topliss-reactive ketones (excluding diaryl/α,β-unsaturated/α-hetero) is 1. The minimum atomic E-state index is -0.658. The number of carbonyl (C=O) groups is 3. The molecule has 312 valence electrons. The van der Waals surface area contributed by atoms with Crippen molar-refractivity contribution in [2.24, 2.45) is 20.4 Å². The summed E-state index contributed by atoms with van der Waals surface area (Å²) in [7, 11) is 0. The third-order valence-corrected chi connectivity index (χ3v) is 9.17. The maximum absolute atomic E-state index is 12.9. The van der Waals surface area contributed by atoms with Crippen LogP contribution >= 0.6 is 0 Å². The van der Waals surface area contributed by atoms with E-state index in [1.807, 2.05) is 31.2 Å². The minimum absolute atomic E-state index is 0.0224. The largest absolute Gasteiger partial charge is 0.507 e. The molecule has 4 aromatic rings. The van der Waals surface area contributed by atoms with Crippen molar-refractivity contribution >= 4 is 42.6 Å². The number of phenols is 2. The second kappa shape index (κ2) is 21.5. The predicted octanol–water partition coefficient (Wildman–Crippen LogP) is 5.63. The van der Waals surface area contributed by atoms with Crippen LogP contribution in [0.2, 0.25) is 0 Å². The van der Waals surface area contributed by atoms with Crippen LogP contribution in [0, 0.1) is 0 Å². The monoisotopic (exact) mass is 820 g/mol. The summed E-state index contributed by atoms with van der Waals surface area (Å²) in [6, 6.07) is 23.1. The topological polar surface area (TPSA) is 206 Å². The zero-order valence-electron chi connectivity index (χ0n) is 32.9. The first-order chi connectivity index (χ1) is 29.2. The Kier molecular flexibility index (Phi) is 15.5. The number of carbonyl (C=O) groups excluding carboxylic acids is 3. The van der Waals surface area contributed by atoms with Crippen LogP contribution in [0.1, 0.15) is 79.2 Å². The number of phenolic OH excluding ortho intramolecular Hbond substituents is 2. The number of rotatable bonds is 19. The summed E-state index contributed by atoms with van der Waals surface area (Å²) in [5.74, 6) is -1.74. The van der Waals surface area contributed by atoms with Crippen molar-refractivity contribution in [1.29, 1.82) is 0 Å². The summed E-state index contributed by atoms with van der Waals surface area (Å²) in [5, 5.41) is 36.0. The van der Waals surface area contributed by atoms with Crippen molar-refractivity contribution in [2.75, 3.05) is 33.0 Å². The first kappa shape index (κ1) is 43.2. The molecule has 0 spiro atoms. The van der Waals surface area contributed by atoms with Gasteiger partial charge in [-0.1, -0.05) is 43.3 Å². The van der Waals surface area contributed by atoms with E-state index in [1.54, 1.807) is 42.6 Å². The van der Waals surface area contributed by atoms with E-state index in [4.69, 9.17) is 33.5 Å². The smallest absolute Gasteiger partial charge is 0.342 e. The van der Waals surface area contributed by atoms with E-state index >= 15 is 0 Å². The summed E-state index contributed by atoms with van der Waals surface area (Å²) in [4.78, 5) is 48.1. The SMILES string of the molecule is CCCOCCOC(=O)c1cc(/C=N/N=C/c2ccc(COO[C@@H]3COC4C(OC(=O)c5ccc(/C=N/N=C/c6ccc(O)c(C(C)=O)c6)cc5)COC43)cc2)ccc1O. The van der Waals surface area contributed by atoms with Gasteiger partial charge in [0.05, 0.1) is 55.8 Å². The molecule has 2 N–H and O–H groups in total. The van der Waals surface area contributed by atoms with Crippen LogP contribution in [0.3, 0.4) is 0 Å². The maximum atomic E-state index is 12.9. The van der Waals surface area contributed by atoms with Gasteiger partial charge in [-0.2, -0.15) is 20.4 Å². The van der Waals surface area contributed by atoms with Crippen molar-refractivity contribution in [3.05, 3.63) is 129 Å². The summed E-state index contributed by atoms with van der Waals surface area (Å²) in [6.07, 6.45) is 4.73. The molecule has 3 unspecified atom stereocenters. The van der Waals surface area contributed by atoms with Gasteiger partial charge in [0.15, 0.2) is 11.9 Å². The Bertz CT molecular complexity index is 2220. The molecule has 4 aromatic carbocycles. The highest BCUT2D eigenvalue weighted by Crippen LogP contribution is 2.31. The van der Waals surface area contributed by atoms with Crippen molar-refractivity contribution in [3.63, 3.8) is 0 Å². The number of hydrogen-bond donors (Lipinski definition) is 2. The van der Waals surface area contributed by atoms with E-state index in [9.17, 15) is 24.6 Å². The fraction of sp³-hybridized carbons (Fsp3) is 0.295. The fourth-order valence-corrected chi connectivity index (χ4v) is 6.04. The van der Waals surface area contributed by atoms with Gasteiger partial charge in [0.1, 0.15) is 48.6 Å². The number of ether oxygens (including phenoxy) is 5. The Hall–Kier alpha value is -6.43. The van der Waals surface area contributed by atoms with Crippen LogP contribution in [0.25, 0.3) is 0 Å². The highest BCUT2D eigenvalue weighted by molar-refractivity contribution is 5.98. The van der Waals surface area contributed by atoms with Gasteiger partial charge in [-0.25, -0.2) is 19.4 Å². The van der Waals surface area contributed by atoms with Gasteiger partial charge in [0, 0.05) is 6.61 Å². The first-order valence-electron chi connectivity index (χ1n) is 19.1. The summed E-state index contributed by atoms with van der Waals surface area (Å²) in [6.45, 7) is 4.80. The molecule has 0 aromatic heterocycles. The summed E-state index contributed by atoms with van der Waals surface area (Å²) in [5.41, 5.74) is 4.05. The average Bonchev–Trinajstić information content (AvgIpc) is 3.85. The van der Waals surface area contributed by atoms with Gasteiger partial charge < -0.3 is 33.9 Å². The molecular formula is C44H44N4O12. The number of fused-ring (bicyclic) bond motifs is 1. The van der Waals surface area contributed by atoms with Gasteiger partial charge in [-0.15, -0.1) is 0 Å². The van der Waals surface area contributed by atoms with Crippen molar-refractivity contribution in [3.8, 4) is 11.5 Å². The zero-order chi connectivity index (χ0) is 42.3. The molecular weight excluding hydrogens is 776 g/mol. The molecule has 0 saturated carbocycles. The van der Waals surface area contributed by atoms with E-state index in [1.165, 1.54) is 49.8 Å². The number of esters is 2. The van der Waals surface area contributed by atoms with Crippen LogP contribution in [0.5, 0.6) is 11.5 Å². The van der Waals surface area contributed by atoms with E-state index in [0.717, 1.165) is 17.5 Å². The van der Waals surface area contributed by atoms with E-state index in [2.05, 4.69) is 20.4 Å². The van der Waals surface area contributed by atoms with E-state index < -0.39 is 36.4 Å². The van der Waals surface area contributed by atoms with Crippen LogP contribution in [-0.2, 0) is 40.1 Å². The molecule has 2 saturated heterocycles. The lowest BCUT2D eigenvalue weighted by molar-refractivity contribution is -0.341. The Morgan fingerprint density at radius 2 is 1.20 bits per heavy atom. The molecule has 0 radical (unpaired) electrons. The van der Waals surface area contributed by atoms with E-state index in [-0.39, 0.29) is 61.4 Å². The normalized spacial score (nSPS) is 18.8. The molecule has 0 bridgehead atoms. The summed E-state index contributed by atoms with van der Waals surface area (Å²) < 4.78 is 28.0. The van der Waals surface area contributed by atoms with Gasteiger partial charge >= 0.3 is 11.9 Å². The lowest BCUT2D eigenvalue weighted by atomic mass is 10.1. The van der Waals surface area contributed by atoms with Crippen molar-refractivity contribution in [2.45, 2.75) is 51.3 Å². The van der Waals surface area contributed by atoms with Crippen molar-refractivity contribution < 1.29 is 58.1 Å². The molecule has 2 heterocycles. The molecule has 16 nitrogen and oxygen atoms in total.